The van der Waals surface area contributed by atoms with Gasteiger partial charge in [0.05, 0.1) is 32.6 Å². The van der Waals surface area contributed by atoms with Crippen LogP contribution in [0.25, 0.3) is 11.6 Å². The molecule has 0 radical (unpaired) electrons. The van der Waals surface area contributed by atoms with Crippen LogP contribution >= 0.6 is 11.3 Å². The molecular formula is C20H22N2O3S. The number of aryl methyl sites for hydroxylation is 1. The fraction of sp³-hybridized carbons (Fsp3) is 0.400. The van der Waals surface area contributed by atoms with Crippen LogP contribution in [0.3, 0.4) is 0 Å². The molecule has 3 rings (SSSR count). The maximum Gasteiger partial charge on any atom is 0.203 e. The van der Waals surface area contributed by atoms with Crippen LogP contribution in [0.4, 0.5) is 0 Å². The summed E-state index contributed by atoms with van der Waals surface area (Å²) in [6.45, 7) is 2.26. The highest BCUT2D eigenvalue weighted by molar-refractivity contribution is 7.13. The number of methoxy groups -OCH3 is 3. The smallest absolute Gasteiger partial charge is 0.203 e. The Morgan fingerprint density at radius 3 is 2.50 bits per heavy atom. The molecule has 0 spiro atoms. The predicted molar refractivity (Wildman–Crippen MR) is 103 cm³/mol. The first-order valence-corrected chi connectivity index (χ1v) is 9.32. The van der Waals surface area contributed by atoms with E-state index < -0.39 is 0 Å². The summed E-state index contributed by atoms with van der Waals surface area (Å²) in [5.74, 6) is 2.33. The van der Waals surface area contributed by atoms with Gasteiger partial charge >= 0.3 is 0 Å². The lowest BCUT2D eigenvalue weighted by Gasteiger charge is -2.15. The van der Waals surface area contributed by atoms with Gasteiger partial charge in [-0.15, -0.1) is 11.3 Å². The maximum absolute atomic E-state index is 9.67. The second-order valence-corrected chi connectivity index (χ2v) is 7.45. The Bertz CT molecular complexity index is 855. The Morgan fingerprint density at radius 1 is 1.23 bits per heavy atom. The van der Waals surface area contributed by atoms with Crippen molar-refractivity contribution in [3.8, 4) is 23.3 Å². The van der Waals surface area contributed by atoms with Crippen LogP contribution in [0, 0.1) is 17.2 Å². The minimum absolute atomic E-state index is 0.532. The van der Waals surface area contributed by atoms with Gasteiger partial charge in [-0.2, -0.15) is 5.26 Å². The van der Waals surface area contributed by atoms with Gasteiger partial charge in [-0.1, -0.05) is 6.92 Å². The number of nitriles is 1. The molecule has 1 heterocycles. The molecule has 1 atom stereocenters. The number of thiazole rings is 1. The summed E-state index contributed by atoms with van der Waals surface area (Å²) in [6.07, 6.45) is 5.03. The lowest BCUT2D eigenvalue weighted by atomic mass is 9.93. The van der Waals surface area contributed by atoms with Crippen molar-refractivity contribution < 1.29 is 14.2 Å². The van der Waals surface area contributed by atoms with Crippen LogP contribution < -0.4 is 14.2 Å². The molecule has 0 fully saturated rings. The van der Waals surface area contributed by atoms with Gasteiger partial charge in [0.1, 0.15) is 11.1 Å². The van der Waals surface area contributed by atoms with Crippen molar-refractivity contribution in [2.45, 2.75) is 26.2 Å². The summed E-state index contributed by atoms with van der Waals surface area (Å²) in [5.41, 5.74) is 2.50. The molecule has 1 aliphatic rings. The minimum atomic E-state index is 0.532. The molecule has 0 N–H and O–H groups in total. The van der Waals surface area contributed by atoms with Gasteiger partial charge in [0.15, 0.2) is 11.5 Å². The van der Waals surface area contributed by atoms with Gasteiger partial charge in [-0.3, -0.25) is 0 Å². The third kappa shape index (κ3) is 3.54. The summed E-state index contributed by atoms with van der Waals surface area (Å²) in [6, 6.07) is 5.94. The van der Waals surface area contributed by atoms with Gasteiger partial charge in [0.2, 0.25) is 5.75 Å². The van der Waals surface area contributed by atoms with Crippen molar-refractivity contribution in [2.75, 3.05) is 21.3 Å². The van der Waals surface area contributed by atoms with E-state index in [1.807, 2.05) is 18.2 Å². The Labute approximate surface area is 157 Å². The summed E-state index contributed by atoms with van der Waals surface area (Å²) < 4.78 is 16.1. The fourth-order valence-electron chi connectivity index (χ4n) is 3.15. The molecule has 0 unspecified atom stereocenters. The van der Waals surface area contributed by atoms with E-state index in [0.717, 1.165) is 35.5 Å². The normalized spacial score (nSPS) is 16.6. The van der Waals surface area contributed by atoms with Crippen molar-refractivity contribution in [2.24, 2.45) is 5.92 Å². The van der Waals surface area contributed by atoms with E-state index in [4.69, 9.17) is 19.2 Å². The molecule has 0 saturated carbocycles. The second-order valence-electron chi connectivity index (χ2n) is 6.37. The summed E-state index contributed by atoms with van der Waals surface area (Å²) in [7, 11) is 4.72. The number of rotatable bonds is 5. The molecule has 1 aromatic carbocycles. The van der Waals surface area contributed by atoms with Crippen LogP contribution in [-0.2, 0) is 12.8 Å². The van der Waals surface area contributed by atoms with E-state index in [-0.39, 0.29) is 0 Å². The average molecular weight is 370 g/mol. The zero-order chi connectivity index (χ0) is 18.7. The van der Waals surface area contributed by atoms with Crippen LogP contribution in [0.1, 0.15) is 34.5 Å². The van der Waals surface area contributed by atoms with Crippen molar-refractivity contribution in [1.82, 2.24) is 4.98 Å². The first-order chi connectivity index (χ1) is 12.6. The second kappa shape index (κ2) is 7.79. The van der Waals surface area contributed by atoms with E-state index in [2.05, 4.69) is 13.0 Å². The molecule has 5 nitrogen and oxygen atoms in total. The number of hydrogen-bond acceptors (Lipinski definition) is 6. The number of fused-ring (bicyclic) bond motifs is 1. The average Bonchev–Trinajstić information content (AvgIpc) is 3.07. The Balaban J connectivity index is 2.01. The topological polar surface area (TPSA) is 64.4 Å². The standard InChI is InChI=1S/C20H22N2O3S/c1-12-5-6-15-18(7-12)26-20(22-15)14(11-21)8-13-9-16(23-2)19(25-4)17(10-13)24-3/h8-10,12H,5-7H2,1-4H3/b14-8+/t12-/m0/s1. The number of ether oxygens (including phenoxy) is 3. The first kappa shape index (κ1) is 18.3. The fourth-order valence-corrected chi connectivity index (χ4v) is 4.39. The van der Waals surface area contributed by atoms with E-state index >= 15 is 0 Å². The molecule has 0 aliphatic heterocycles. The Hall–Kier alpha value is -2.52. The van der Waals surface area contributed by atoms with Gasteiger partial charge < -0.3 is 14.2 Å². The van der Waals surface area contributed by atoms with Crippen LogP contribution in [0.5, 0.6) is 17.2 Å². The molecule has 1 aliphatic carbocycles. The number of nitrogens with zero attached hydrogens (tertiary/aromatic N) is 2. The van der Waals surface area contributed by atoms with Gasteiger partial charge in [-0.25, -0.2) is 4.98 Å². The zero-order valence-electron chi connectivity index (χ0n) is 15.5. The van der Waals surface area contributed by atoms with Crippen LogP contribution in [0.15, 0.2) is 12.1 Å². The molecule has 2 aromatic rings. The SMILES string of the molecule is COc1cc(/C=C(\C#N)c2nc3c(s2)C[C@@H](C)CC3)cc(OC)c1OC. The highest BCUT2D eigenvalue weighted by atomic mass is 32.1. The van der Waals surface area contributed by atoms with Gasteiger partial charge in [0, 0.05) is 4.88 Å². The minimum Gasteiger partial charge on any atom is -0.493 e. The van der Waals surface area contributed by atoms with Crippen molar-refractivity contribution in [3.05, 3.63) is 33.3 Å². The molecule has 26 heavy (non-hydrogen) atoms. The summed E-state index contributed by atoms with van der Waals surface area (Å²) in [5, 5.41) is 10.4. The molecule has 6 heteroatoms. The molecular weight excluding hydrogens is 348 g/mol. The number of allylic oxidation sites excluding steroid dienone is 1. The van der Waals surface area contributed by atoms with Crippen molar-refractivity contribution in [3.63, 3.8) is 0 Å². The van der Waals surface area contributed by atoms with Crippen molar-refractivity contribution >= 4 is 23.0 Å². The van der Waals surface area contributed by atoms with Gasteiger partial charge in [0.25, 0.3) is 0 Å². The van der Waals surface area contributed by atoms with Crippen LogP contribution in [-0.4, -0.2) is 26.3 Å². The Morgan fingerprint density at radius 2 is 1.92 bits per heavy atom. The van der Waals surface area contributed by atoms with Crippen molar-refractivity contribution in [1.29, 1.82) is 5.26 Å². The lowest BCUT2D eigenvalue weighted by Crippen LogP contribution is -2.09. The molecule has 1 aromatic heterocycles. The largest absolute Gasteiger partial charge is 0.493 e. The number of hydrogen-bond donors (Lipinski definition) is 0. The summed E-state index contributed by atoms with van der Waals surface area (Å²) in [4.78, 5) is 6.02. The van der Waals surface area contributed by atoms with E-state index in [9.17, 15) is 5.26 Å². The molecule has 0 saturated heterocycles. The third-order valence-electron chi connectivity index (χ3n) is 4.53. The zero-order valence-corrected chi connectivity index (χ0v) is 16.3. The summed E-state index contributed by atoms with van der Waals surface area (Å²) >= 11 is 1.63. The highest BCUT2D eigenvalue weighted by Gasteiger charge is 2.21. The lowest BCUT2D eigenvalue weighted by molar-refractivity contribution is 0.324. The number of benzene rings is 1. The molecule has 0 bridgehead atoms. The molecule has 136 valence electrons. The number of aromatic nitrogens is 1. The van der Waals surface area contributed by atoms with E-state index in [0.29, 0.717) is 28.7 Å². The monoisotopic (exact) mass is 370 g/mol. The third-order valence-corrected chi connectivity index (χ3v) is 5.69. The molecule has 0 amide bonds. The Kier molecular flexibility index (Phi) is 5.48. The van der Waals surface area contributed by atoms with E-state index in [1.165, 1.54) is 4.88 Å². The quantitative estimate of drug-likeness (QED) is 0.732. The first-order valence-electron chi connectivity index (χ1n) is 8.50. The maximum atomic E-state index is 9.67. The predicted octanol–water partition coefficient (Wildman–Crippen LogP) is 4.36. The van der Waals surface area contributed by atoms with Gasteiger partial charge in [-0.05, 0) is 49.0 Å². The highest BCUT2D eigenvalue weighted by Crippen LogP contribution is 2.39. The van der Waals surface area contributed by atoms with Crippen LogP contribution in [0.2, 0.25) is 0 Å². The van der Waals surface area contributed by atoms with E-state index in [1.54, 1.807) is 32.7 Å².